The third kappa shape index (κ3) is 5.92. The first-order valence-electron chi connectivity index (χ1n) is 9.00. The van der Waals surface area contributed by atoms with E-state index in [4.69, 9.17) is 0 Å². The fraction of sp³-hybridized carbons (Fsp3) is 0.286. The van der Waals surface area contributed by atoms with Crippen molar-refractivity contribution in [1.82, 2.24) is 16.2 Å². The van der Waals surface area contributed by atoms with E-state index in [9.17, 15) is 14.4 Å². The number of hydrogen-bond acceptors (Lipinski definition) is 3. The summed E-state index contributed by atoms with van der Waals surface area (Å²) in [5.41, 5.74) is 6.54. The van der Waals surface area contributed by atoms with Gasteiger partial charge in [-0.25, -0.2) is 0 Å². The molecule has 0 radical (unpaired) electrons. The molecule has 0 bridgehead atoms. The predicted molar refractivity (Wildman–Crippen MR) is 112 cm³/mol. The molecule has 3 amide bonds. The third-order valence-corrected chi connectivity index (χ3v) is 4.83. The first-order valence-corrected chi connectivity index (χ1v) is 9.80. The molecular formula is C21H24BrN3O3. The Morgan fingerprint density at radius 1 is 0.893 bits per heavy atom. The molecule has 28 heavy (non-hydrogen) atoms. The minimum atomic E-state index is -0.772. The summed E-state index contributed by atoms with van der Waals surface area (Å²) in [5, 5.41) is 2.77. The summed E-state index contributed by atoms with van der Waals surface area (Å²) in [6, 6.07) is 13.3. The molecule has 2 aromatic carbocycles. The average molecular weight is 446 g/mol. The van der Waals surface area contributed by atoms with E-state index in [-0.39, 0.29) is 11.8 Å². The second kappa shape index (κ2) is 10.0. The van der Waals surface area contributed by atoms with E-state index in [2.05, 4.69) is 32.1 Å². The van der Waals surface area contributed by atoms with Crippen molar-refractivity contribution in [3.63, 3.8) is 0 Å². The molecule has 7 heteroatoms. The first-order chi connectivity index (χ1) is 13.3. The number of hydrogen-bond donors (Lipinski definition) is 3. The van der Waals surface area contributed by atoms with Gasteiger partial charge < -0.3 is 5.32 Å². The number of amides is 3. The number of rotatable bonds is 6. The van der Waals surface area contributed by atoms with Crippen LogP contribution in [0.15, 0.2) is 53.0 Å². The van der Waals surface area contributed by atoms with E-state index in [1.54, 1.807) is 36.4 Å². The van der Waals surface area contributed by atoms with E-state index in [1.165, 1.54) is 0 Å². The molecule has 2 aromatic rings. The number of aryl methyl sites for hydroxylation is 1. The van der Waals surface area contributed by atoms with Crippen LogP contribution < -0.4 is 16.2 Å². The molecule has 0 aromatic heterocycles. The Bertz CT molecular complexity index is 867. The van der Waals surface area contributed by atoms with Crippen molar-refractivity contribution >= 4 is 33.7 Å². The van der Waals surface area contributed by atoms with Crippen LogP contribution in [-0.4, -0.2) is 23.8 Å². The van der Waals surface area contributed by atoms with E-state index in [0.717, 1.165) is 5.56 Å². The summed E-state index contributed by atoms with van der Waals surface area (Å²) < 4.78 is 0.619. The molecule has 3 N–H and O–H groups in total. The molecule has 148 valence electrons. The summed E-state index contributed by atoms with van der Waals surface area (Å²) in [6.07, 6.45) is 0.439. The minimum Gasteiger partial charge on any atom is -0.340 e. The van der Waals surface area contributed by atoms with Crippen molar-refractivity contribution in [3.8, 4) is 0 Å². The predicted octanol–water partition coefficient (Wildman–Crippen LogP) is 3.36. The van der Waals surface area contributed by atoms with Crippen molar-refractivity contribution in [2.45, 2.75) is 33.2 Å². The Hall–Kier alpha value is -2.67. The fourth-order valence-corrected chi connectivity index (χ4v) is 3.15. The minimum absolute atomic E-state index is 0.173. The van der Waals surface area contributed by atoms with Gasteiger partial charge in [-0.1, -0.05) is 44.2 Å². The molecule has 0 aliphatic rings. The van der Waals surface area contributed by atoms with Gasteiger partial charge in [-0.3, -0.25) is 25.2 Å². The number of nitrogens with one attached hydrogen (secondary N) is 3. The maximum Gasteiger partial charge on any atom is 0.270 e. The van der Waals surface area contributed by atoms with Gasteiger partial charge in [0.05, 0.1) is 5.56 Å². The van der Waals surface area contributed by atoms with Gasteiger partial charge in [0, 0.05) is 10.0 Å². The van der Waals surface area contributed by atoms with Crippen molar-refractivity contribution in [2.24, 2.45) is 5.92 Å². The van der Waals surface area contributed by atoms with E-state index >= 15 is 0 Å². The van der Waals surface area contributed by atoms with Gasteiger partial charge in [-0.2, -0.15) is 0 Å². The van der Waals surface area contributed by atoms with Crippen LogP contribution in [0.2, 0.25) is 0 Å². The molecule has 0 aliphatic heterocycles. The maximum absolute atomic E-state index is 12.6. The molecule has 0 spiro atoms. The Morgan fingerprint density at radius 2 is 1.50 bits per heavy atom. The maximum atomic E-state index is 12.6. The summed E-state index contributed by atoms with van der Waals surface area (Å²) >= 11 is 3.30. The van der Waals surface area contributed by atoms with Crippen molar-refractivity contribution in [2.75, 3.05) is 0 Å². The van der Waals surface area contributed by atoms with Crippen LogP contribution in [0.3, 0.4) is 0 Å². The zero-order chi connectivity index (χ0) is 20.7. The Morgan fingerprint density at radius 3 is 2.11 bits per heavy atom. The largest absolute Gasteiger partial charge is 0.340 e. The van der Waals surface area contributed by atoms with E-state index in [0.29, 0.717) is 22.0 Å². The van der Waals surface area contributed by atoms with Gasteiger partial charge in [-0.15, -0.1) is 0 Å². The zero-order valence-corrected chi connectivity index (χ0v) is 17.7. The fourth-order valence-electron chi connectivity index (χ4n) is 2.68. The molecule has 0 saturated heterocycles. The van der Waals surface area contributed by atoms with Crippen molar-refractivity contribution < 1.29 is 14.4 Å². The summed E-state index contributed by atoms with van der Waals surface area (Å²) in [4.78, 5) is 37.4. The quantitative estimate of drug-likeness (QED) is 0.595. The highest BCUT2D eigenvalue weighted by atomic mass is 79.9. The van der Waals surface area contributed by atoms with Gasteiger partial charge >= 0.3 is 0 Å². The monoisotopic (exact) mass is 445 g/mol. The molecule has 2 rings (SSSR count). The standard InChI is InChI=1S/C21H24BrN3O3/c1-13(2)12-18(23-19(26)15-9-5-4-8-14(15)3)21(28)25-24-20(27)16-10-6-7-11-17(16)22/h4-11,13,18H,12H2,1-3H3,(H,23,26)(H,24,27)(H,25,28)/t18-/m1/s1. The summed E-state index contributed by atoms with van der Waals surface area (Å²) in [5.74, 6) is -1.08. The number of halogens is 1. The SMILES string of the molecule is Cc1ccccc1C(=O)N[C@H](CC(C)C)C(=O)NNC(=O)c1ccccc1Br. The normalized spacial score (nSPS) is 11.6. The van der Waals surface area contributed by atoms with E-state index in [1.807, 2.05) is 32.9 Å². The summed E-state index contributed by atoms with van der Waals surface area (Å²) in [7, 11) is 0. The second-order valence-electron chi connectivity index (χ2n) is 6.89. The Kier molecular flexibility index (Phi) is 7.75. The van der Waals surface area contributed by atoms with Crippen molar-refractivity contribution in [1.29, 1.82) is 0 Å². The highest BCUT2D eigenvalue weighted by Crippen LogP contribution is 2.15. The van der Waals surface area contributed by atoms with Crippen LogP contribution in [0.5, 0.6) is 0 Å². The van der Waals surface area contributed by atoms with Gasteiger partial charge in [0.25, 0.3) is 17.7 Å². The molecule has 0 unspecified atom stereocenters. The molecule has 1 atom stereocenters. The van der Waals surface area contributed by atoms with Gasteiger partial charge in [0.15, 0.2) is 0 Å². The number of carbonyl (C=O) groups is 3. The van der Waals surface area contributed by atoms with Gasteiger partial charge in [0.2, 0.25) is 0 Å². The lowest BCUT2D eigenvalue weighted by molar-refractivity contribution is -0.124. The molecule has 0 fully saturated rings. The molecule has 0 aliphatic carbocycles. The lowest BCUT2D eigenvalue weighted by atomic mass is 10.0. The highest BCUT2D eigenvalue weighted by molar-refractivity contribution is 9.10. The number of carbonyl (C=O) groups excluding carboxylic acids is 3. The average Bonchev–Trinajstić information content (AvgIpc) is 2.65. The van der Waals surface area contributed by atoms with Crippen LogP contribution in [0, 0.1) is 12.8 Å². The van der Waals surface area contributed by atoms with Crippen LogP contribution in [-0.2, 0) is 4.79 Å². The van der Waals surface area contributed by atoms with Gasteiger partial charge in [0.1, 0.15) is 6.04 Å². The topological polar surface area (TPSA) is 87.3 Å². The van der Waals surface area contributed by atoms with Crippen LogP contribution >= 0.6 is 15.9 Å². The molecular weight excluding hydrogens is 422 g/mol. The third-order valence-electron chi connectivity index (χ3n) is 4.14. The van der Waals surface area contributed by atoms with Crippen molar-refractivity contribution in [3.05, 3.63) is 69.7 Å². The lowest BCUT2D eigenvalue weighted by Crippen LogP contribution is -2.52. The Balaban J connectivity index is 2.04. The smallest absolute Gasteiger partial charge is 0.270 e. The van der Waals surface area contributed by atoms with Crippen LogP contribution in [0.25, 0.3) is 0 Å². The van der Waals surface area contributed by atoms with Crippen LogP contribution in [0.1, 0.15) is 46.5 Å². The first kappa shape index (κ1) is 21.6. The zero-order valence-electron chi connectivity index (χ0n) is 16.1. The second-order valence-corrected chi connectivity index (χ2v) is 7.75. The highest BCUT2D eigenvalue weighted by Gasteiger charge is 2.24. The Labute approximate surface area is 173 Å². The van der Waals surface area contributed by atoms with E-state index < -0.39 is 17.9 Å². The molecule has 6 nitrogen and oxygen atoms in total. The number of benzene rings is 2. The molecule has 0 heterocycles. The van der Waals surface area contributed by atoms with Gasteiger partial charge in [-0.05, 0) is 59.0 Å². The molecule has 0 saturated carbocycles. The number of hydrazine groups is 1. The lowest BCUT2D eigenvalue weighted by Gasteiger charge is -2.21. The van der Waals surface area contributed by atoms with Crippen LogP contribution in [0.4, 0.5) is 0 Å². The summed E-state index contributed by atoms with van der Waals surface area (Å²) in [6.45, 7) is 5.75.